The molecule has 0 bridgehead atoms. The van der Waals surface area contributed by atoms with E-state index in [1.807, 2.05) is 65.1 Å². The number of nitrogens with two attached hydrogens (primary N) is 1. The van der Waals surface area contributed by atoms with Gasteiger partial charge in [-0.3, -0.25) is 13.6 Å². The summed E-state index contributed by atoms with van der Waals surface area (Å²) in [5.74, 6) is 0. The largest absolute Gasteiger partial charge is 0.399 e. The lowest BCUT2D eigenvalue weighted by atomic mass is 10.2. The molecule has 128 valence electrons. The lowest BCUT2D eigenvalue weighted by molar-refractivity contribution is 1.10. The van der Waals surface area contributed by atoms with E-state index in [9.17, 15) is 4.79 Å². The number of nitrogens with zero attached hydrogens (tertiary/aromatic N) is 4. The number of fused-ring (bicyclic) bond motifs is 9. The zero-order valence-corrected chi connectivity index (χ0v) is 14.1. The van der Waals surface area contributed by atoms with Gasteiger partial charge in [0.15, 0.2) is 11.3 Å². The standard InChI is InChI=1S/C21H13N5O/c22-12-9-10-16-15(11-12)24-19-20-23-14-6-2-1-5-13(14)21(27)26(20)18-8-4-3-7-17(18)25(16)19/h1-11H,22H2. The number of imidazole rings is 1. The summed E-state index contributed by atoms with van der Waals surface area (Å²) in [4.78, 5) is 22.8. The van der Waals surface area contributed by atoms with Crippen LogP contribution in [0.1, 0.15) is 0 Å². The SMILES string of the molecule is Nc1ccc2c(c1)nc1c3nc4ccccc4c(=O)n3c3ccccc3n21. The molecular weight excluding hydrogens is 338 g/mol. The van der Waals surface area contributed by atoms with E-state index in [-0.39, 0.29) is 5.56 Å². The quantitative estimate of drug-likeness (QED) is 0.258. The maximum absolute atomic E-state index is 13.3. The third-order valence-electron chi connectivity index (χ3n) is 5.02. The van der Waals surface area contributed by atoms with Gasteiger partial charge in [0, 0.05) is 5.69 Å². The van der Waals surface area contributed by atoms with Crippen molar-refractivity contribution in [2.75, 3.05) is 5.73 Å². The summed E-state index contributed by atoms with van der Waals surface area (Å²) in [5, 5.41) is 0.588. The Kier molecular flexibility index (Phi) is 2.55. The molecule has 0 atom stereocenters. The Morgan fingerprint density at radius 3 is 2.22 bits per heavy atom. The van der Waals surface area contributed by atoms with Crippen LogP contribution in [0.3, 0.4) is 0 Å². The van der Waals surface area contributed by atoms with Crippen molar-refractivity contribution >= 4 is 50.0 Å². The van der Waals surface area contributed by atoms with Crippen molar-refractivity contribution in [3.63, 3.8) is 0 Å². The number of nitrogen functional groups attached to an aromatic ring is 1. The molecule has 0 aliphatic rings. The van der Waals surface area contributed by atoms with E-state index in [0.29, 0.717) is 27.9 Å². The molecule has 3 aromatic carbocycles. The molecule has 0 saturated carbocycles. The molecule has 0 amide bonds. The van der Waals surface area contributed by atoms with Crippen molar-refractivity contribution < 1.29 is 0 Å². The van der Waals surface area contributed by atoms with Crippen LogP contribution in [-0.4, -0.2) is 18.8 Å². The molecule has 2 N–H and O–H groups in total. The van der Waals surface area contributed by atoms with Crippen LogP contribution >= 0.6 is 0 Å². The topological polar surface area (TPSA) is 77.7 Å². The van der Waals surface area contributed by atoms with Crippen molar-refractivity contribution in [2.24, 2.45) is 0 Å². The van der Waals surface area contributed by atoms with Crippen LogP contribution in [0.5, 0.6) is 0 Å². The van der Waals surface area contributed by atoms with Crippen LogP contribution < -0.4 is 11.3 Å². The number of aromatic nitrogens is 4. The molecule has 3 heterocycles. The smallest absolute Gasteiger partial charge is 0.266 e. The average molecular weight is 351 g/mol. The fraction of sp³-hybridized carbons (Fsp3) is 0. The highest BCUT2D eigenvalue weighted by Crippen LogP contribution is 2.27. The minimum absolute atomic E-state index is 0.0964. The van der Waals surface area contributed by atoms with Gasteiger partial charge in [0.25, 0.3) is 5.56 Å². The summed E-state index contributed by atoms with van der Waals surface area (Å²) in [5.41, 5.74) is 11.7. The lowest BCUT2D eigenvalue weighted by Crippen LogP contribution is -2.17. The van der Waals surface area contributed by atoms with Gasteiger partial charge in [-0.05, 0) is 42.5 Å². The van der Waals surface area contributed by atoms with Gasteiger partial charge in [-0.25, -0.2) is 9.97 Å². The van der Waals surface area contributed by atoms with E-state index < -0.39 is 0 Å². The molecule has 6 aromatic rings. The Morgan fingerprint density at radius 1 is 0.704 bits per heavy atom. The number of rotatable bonds is 0. The number of hydrogen-bond acceptors (Lipinski definition) is 4. The van der Waals surface area contributed by atoms with Gasteiger partial charge in [-0.1, -0.05) is 24.3 Å². The van der Waals surface area contributed by atoms with Gasteiger partial charge in [0.05, 0.1) is 33.0 Å². The number of para-hydroxylation sites is 3. The Hall–Kier alpha value is -3.93. The van der Waals surface area contributed by atoms with E-state index in [0.717, 1.165) is 22.1 Å². The van der Waals surface area contributed by atoms with Crippen LogP contribution in [0.25, 0.3) is 44.3 Å². The second-order valence-electron chi connectivity index (χ2n) is 6.60. The molecular formula is C21H13N5O. The third kappa shape index (κ3) is 1.76. The minimum atomic E-state index is -0.0964. The second kappa shape index (κ2) is 4.82. The maximum Gasteiger partial charge on any atom is 0.266 e. The van der Waals surface area contributed by atoms with Crippen LogP contribution in [0.15, 0.2) is 71.5 Å². The third-order valence-corrected chi connectivity index (χ3v) is 5.02. The highest BCUT2D eigenvalue weighted by Gasteiger charge is 2.17. The van der Waals surface area contributed by atoms with Gasteiger partial charge in [-0.15, -0.1) is 0 Å². The number of hydrogen-bond donors (Lipinski definition) is 1. The second-order valence-corrected chi connectivity index (χ2v) is 6.60. The predicted molar refractivity (Wildman–Crippen MR) is 107 cm³/mol. The molecule has 0 spiro atoms. The van der Waals surface area contributed by atoms with E-state index in [1.165, 1.54) is 0 Å². The zero-order chi connectivity index (χ0) is 18.1. The first-order valence-electron chi connectivity index (χ1n) is 8.62. The van der Waals surface area contributed by atoms with Gasteiger partial charge < -0.3 is 5.73 Å². The van der Waals surface area contributed by atoms with Crippen molar-refractivity contribution in [3.8, 4) is 0 Å². The average Bonchev–Trinajstić information content (AvgIpc) is 3.07. The van der Waals surface area contributed by atoms with Gasteiger partial charge in [-0.2, -0.15) is 0 Å². The normalized spacial score (nSPS) is 12.0. The number of benzene rings is 3. The monoisotopic (exact) mass is 351 g/mol. The molecule has 0 aliphatic carbocycles. The van der Waals surface area contributed by atoms with Crippen molar-refractivity contribution in [3.05, 3.63) is 77.1 Å². The summed E-state index contributed by atoms with van der Waals surface area (Å²) >= 11 is 0. The van der Waals surface area contributed by atoms with E-state index in [2.05, 4.69) is 0 Å². The summed E-state index contributed by atoms with van der Waals surface area (Å²) in [6, 6.07) is 20.8. The summed E-state index contributed by atoms with van der Waals surface area (Å²) in [6.07, 6.45) is 0. The first-order valence-corrected chi connectivity index (χ1v) is 8.62. The van der Waals surface area contributed by atoms with Crippen molar-refractivity contribution in [1.82, 2.24) is 18.8 Å². The Labute approximate surface area is 152 Å². The maximum atomic E-state index is 13.3. The lowest BCUT2D eigenvalue weighted by Gasteiger charge is -2.10. The van der Waals surface area contributed by atoms with Gasteiger partial charge in [0.2, 0.25) is 0 Å². The first-order chi connectivity index (χ1) is 13.2. The van der Waals surface area contributed by atoms with E-state index in [4.69, 9.17) is 15.7 Å². The summed E-state index contributed by atoms with van der Waals surface area (Å²) in [7, 11) is 0. The minimum Gasteiger partial charge on any atom is -0.399 e. The first kappa shape index (κ1) is 14.3. The Bertz CT molecular complexity index is 1610. The van der Waals surface area contributed by atoms with Gasteiger partial charge in [0.1, 0.15) is 0 Å². The fourth-order valence-corrected chi connectivity index (χ4v) is 3.84. The van der Waals surface area contributed by atoms with Crippen molar-refractivity contribution in [2.45, 2.75) is 0 Å². The molecule has 0 fully saturated rings. The Morgan fingerprint density at radius 2 is 1.37 bits per heavy atom. The van der Waals surface area contributed by atoms with Crippen LogP contribution in [0.4, 0.5) is 5.69 Å². The van der Waals surface area contributed by atoms with Crippen molar-refractivity contribution in [1.29, 1.82) is 0 Å². The summed E-state index contributed by atoms with van der Waals surface area (Å²) < 4.78 is 3.70. The fourth-order valence-electron chi connectivity index (χ4n) is 3.84. The number of anilines is 1. The molecule has 27 heavy (non-hydrogen) atoms. The van der Waals surface area contributed by atoms with Gasteiger partial charge >= 0.3 is 0 Å². The molecule has 6 heteroatoms. The zero-order valence-electron chi connectivity index (χ0n) is 14.1. The molecule has 0 aliphatic heterocycles. The molecule has 0 saturated heterocycles. The van der Waals surface area contributed by atoms with Crippen LogP contribution in [0.2, 0.25) is 0 Å². The highest BCUT2D eigenvalue weighted by atomic mass is 16.1. The molecule has 6 nitrogen and oxygen atoms in total. The van der Waals surface area contributed by atoms with Crippen LogP contribution in [-0.2, 0) is 0 Å². The van der Waals surface area contributed by atoms with Crippen LogP contribution in [0, 0.1) is 0 Å². The summed E-state index contributed by atoms with van der Waals surface area (Å²) in [6.45, 7) is 0. The highest BCUT2D eigenvalue weighted by molar-refractivity contribution is 5.96. The predicted octanol–water partition coefficient (Wildman–Crippen LogP) is 3.38. The van der Waals surface area contributed by atoms with E-state index >= 15 is 0 Å². The Balaban J connectivity index is 2.04. The molecule has 3 aromatic heterocycles. The van der Waals surface area contributed by atoms with E-state index in [1.54, 1.807) is 10.5 Å². The molecule has 6 rings (SSSR count). The molecule has 0 unspecified atom stereocenters. The molecule has 0 radical (unpaired) electrons.